The third-order valence-corrected chi connectivity index (χ3v) is 3.24. The van der Waals surface area contributed by atoms with Crippen molar-refractivity contribution in [3.63, 3.8) is 0 Å². The summed E-state index contributed by atoms with van der Waals surface area (Å²) in [6.45, 7) is 0. The number of nitrogens with zero attached hydrogens (tertiary/aromatic N) is 2. The molecule has 0 spiro atoms. The van der Waals surface area contributed by atoms with Gasteiger partial charge in [-0.2, -0.15) is 0 Å². The van der Waals surface area contributed by atoms with E-state index in [4.69, 9.17) is 4.84 Å². The molecule has 0 fully saturated rings. The van der Waals surface area contributed by atoms with E-state index >= 15 is 0 Å². The van der Waals surface area contributed by atoms with Crippen molar-refractivity contribution in [3.8, 4) is 11.8 Å². The topological polar surface area (TPSA) is 115 Å². The first-order valence-corrected chi connectivity index (χ1v) is 6.72. The smallest absolute Gasteiger partial charge is 0.364 e. The monoisotopic (exact) mass is 356 g/mol. The predicted molar refractivity (Wildman–Crippen MR) is 74.4 cm³/mol. The van der Waals surface area contributed by atoms with Gasteiger partial charge in [-0.1, -0.05) is 22.0 Å². The molecule has 0 bridgehead atoms. The molecule has 9 heteroatoms. The zero-order chi connectivity index (χ0) is 15.6. The average molecular weight is 357 g/mol. The van der Waals surface area contributed by atoms with Gasteiger partial charge in [-0.15, -0.1) is 4.73 Å². The number of rotatable bonds is 4. The summed E-state index contributed by atoms with van der Waals surface area (Å²) in [6, 6.07) is 6.08. The van der Waals surface area contributed by atoms with E-state index < -0.39 is 22.7 Å². The van der Waals surface area contributed by atoms with E-state index in [1.54, 1.807) is 0 Å². The van der Waals surface area contributed by atoms with Crippen LogP contribution >= 0.6 is 15.9 Å². The fourth-order valence-corrected chi connectivity index (χ4v) is 2.08. The molecule has 0 amide bonds. The highest BCUT2D eigenvalue weighted by molar-refractivity contribution is 9.08. The van der Waals surface area contributed by atoms with Gasteiger partial charge in [0.15, 0.2) is 0 Å². The van der Waals surface area contributed by atoms with Crippen LogP contribution < -0.4 is 4.84 Å². The van der Waals surface area contributed by atoms with E-state index in [1.165, 1.54) is 12.1 Å². The molecule has 0 saturated heterocycles. The number of hydrogen-bond donors (Lipinski definition) is 2. The van der Waals surface area contributed by atoms with E-state index in [0.29, 0.717) is 10.3 Å². The van der Waals surface area contributed by atoms with Crippen molar-refractivity contribution in [2.45, 2.75) is 5.33 Å². The SMILES string of the molecule is O=C(On1c(O)ccc1O)c1ccc(CBr)c([N+](=O)[O-])c1. The fourth-order valence-electron chi connectivity index (χ4n) is 1.60. The third-order valence-electron chi connectivity index (χ3n) is 2.63. The number of nitro groups is 1. The standard InChI is InChI=1S/C12H9BrN2O6/c13-6-8-2-1-7(5-9(8)15(19)20)12(18)21-14-10(16)3-4-11(14)17/h1-5,16-17H,6H2. The average Bonchev–Trinajstić information content (AvgIpc) is 2.78. The molecule has 0 aliphatic carbocycles. The zero-order valence-corrected chi connectivity index (χ0v) is 12.0. The Labute approximate surface area is 126 Å². The summed E-state index contributed by atoms with van der Waals surface area (Å²) >= 11 is 3.12. The van der Waals surface area contributed by atoms with Crippen LogP contribution in [0.1, 0.15) is 15.9 Å². The van der Waals surface area contributed by atoms with Crippen LogP contribution in [-0.2, 0) is 5.33 Å². The van der Waals surface area contributed by atoms with Crippen LogP contribution in [-0.4, -0.2) is 25.8 Å². The molecule has 0 unspecified atom stereocenters. The summed E-state index contributed by atoms with van der Waals surface area (Å²) in [6.07, 6.45) is 0. The molecule has 0 aliphatic heterocycles. The predicted octanol–water partition coefficient (Wildman–Crippen LogP) is 1.97. The van der Waals surface area contributed by atoms with E-state index in [-0.39, 0.29) is 16.6 Å². The van der Waals surface area contributed by atoms with Gasteiger partial charge < -0.3 is 15.1 Å². The Kier molecular flexibility index (Phi) is 4.13. The van der Waals surface area contributed by atoms with Crippen LogP contribution in [0.25, 0.3) is 0 Å². The maximum absolute atomic E-state index is 11.9. The molecule has 1 heterocycles. The minimum atomic E-state index is -0.957. The number of hydrogen-bond acceptors (Lipinski definition) is 6. The number of benzene rings is 1. The number of alkyl halides is 1. The van der Waals surface area contributed by atoms with Crippen molar-refractivity contribution in [3.05, 3.63) is 51.6 Å². The zero-order valence-electron chi connectivity index (χ0n) is 10.4. The molecule has 0 atom stereocenters. The lowest BCUT2D eigenvalue weighted by atomic mass is 10.1. The van der Waals surface area contributed by atoms with E-state index in [2.05, 4.69) is 15.9 Å². The number of halogens is 1. The largest absolute Gasteiger partial charge is 0.492 e. The second kappa shape index (κ2) is 5.83. The van der Waals surface area contributed by atoms with E-state index in [1.807, 2.05) is 0 Å². The Balaban J connectivity index is 2.32. The normalized spacial score (nSPS) is 10.3. The molecule has 2 rings (SSSR count). The lowest BCUT2D eigenvalue weighted by Gasteiger charge is -2.07. The lowest BCUT2D eigenvalue weighted by Crippen LogP contribution is -2.19. The molecule has 21 heavy (non-hydrogen) atoms. The Hall–Kier alpha value is -2.55. The molecule has 110 valence electrons. The van der Waals surface area contributed by atoms with Gasteiger partial charge in [-0.05, 0) is 6.07 Å². The van der Waals surface area contributed by atoms with Crippen molar-refractivity contribution in [2.75, 3.05) is 0 Å². The van der Waals surface area contributed by atoms with E-state index in [9.17, 15) is 25.1 Å². The number of aromatic hydroxyl groups is 2. The van der Waals surface area contributed by atoms with Crippen LogP contribution in [0.3, 0.4) is 0 Å². The van der Waals surface area contributed by atoms with Crippen LogP contribution in [0, 0.1) is 10.1 Å². The van der Waals surface area contributed by atoms with Crippen molar-refractivity contribution >= 4 is 27.6 Å². The molecule has 0 aliphatic rings. The number of nitro benzene ring substituents is 1. The highest BCUT2D eigenvalue weighted by atomic mass is 79.9. The Morgan fingerprint density at radius 3 is 2.43 bits per heavy atom. The summed E-state index contributed by atoms with van der Waals surface area (Å²) in [5.74, 6) is -1.92. The maximum Gasteiger partial charge on any atom is 0.364 e. The van der Waals surface area contributed by atoms with Gasteiger partial charge in [0.05, 0.1) is 10.5 Å². The quantitative estimate of drug-likeness (QED) is 0.491. The van der Waals surface area contributed by atoms with Crippen molar-refractivity contribution in [1.29, 1.82) is 0 Å². The minimum Gasteiger partial charge on any atom is -0.492 e. The van der Waals surface area contributed by atoms with Gasteiger partial charge in [0, 0.05) is 29.1 Å². The second-order valence-electron chi connectivity index (χ2n) is 3.96. The van der Waals surface area contributed by atoms with Gasteiger partial charge in [-0.25, -0.2) is 4.79 Å². The van der Waals surface area contributed by atoms with E-state index in [0.717, 1.165) is 18.2 Å². The third kappa shape index (κ3) is 2.97. The van der Waals surface area contributed by atoms with Crippen LogP contribution in [0.5, 0.6) is 11.8 Å². The Morgan fingerprint density at radius 1 is 1.29 bits per heavy atom. The van der Waals surface area contributed by atoms with Gasteiger partial charge in [0.1, 0.15) is 0 Å². The summed E-state index contributed by atoms with van der Waals surface area (Å²) in [5, 5.41) is 29.9. The van der Waals surface area contributed by atoms with Crippen molar-refractivity contribution in [2.24, 2.45) is 0 Å². The first kappa shape index (κ1) is 14.9. The molecule has 2 aromatic rings. The summed E-state index contributed by atoms with van der Waals surface area (Å²) in [7, 11) is 0. The molecule has 1 aromatic heterocycles. The van der Waals surface area contributed by atoms with Crippen LogP contribution in [0.4, 0.5) is 5.69 Å². The fraction of sp³-hybridized carbons (Fsp3) is 0.0833. The highest BCUT2D eigenvalue weighted by Gasteiger charge is 2.19. The molecule has 8 nitrogen and oxygen atoms in total. The molecular weight excluding hydrogens is 348 g/mol. The molecular formula is C12H9BrN2O6. The van der Waals surface area contributed by atoms with Gasteiger partial charge in [0.25, 0.3) is 5.69 Å². The van der Waals surface area contributed by atoms with Crippen LogP contribution in [0.2, 0.25) is 0 Å². The second-order valence-corrected chi connectivity index (χ2v) is 4.52. The van der Waals surface area contributed by atoms with Gasteiger partial charge in [-0.3, -0.25) is 10.1 Å². The summed E-state index contributed by atoms with van der Waals surface area (Å²) in [4.78, 5) is 27.0. The van der Waals surface area contributed by atoms with Crippen LogP contribution in [0.15, 0.2) is 30.3 Å². The minimum absolute atomic E-state index is 0.0844. The Morgan fingerprint density at radius 2 is 1.90 bits per heavy atom. The molecule has 1 aromatic carbocycles. The van der Waals surface area contributed by atoms with Crippen molar-refractivity contribution < 1.29 is 24.8 Å². The summed E-state index contributed by atoms with van der Waals surface area (Å²) in [5.41, 5.74) is 0.0874. The first-order valence-electron chi connectivity index (χ1n) is 5.59. The molecule has 0 saturated carbocycles. The lowest BCUT2D eigenvalue weighted by molar-refractivity contribution is -0.385. The number of aromatic nitrogens is 1. The summed E-state index contributed by atoms with van der Waals surface area (Å²) < 4.78 is 0.507. The Bertz CT molecular complexity index is 692. The molecule has 2 N–H and O–H groups in total. The van der Waals surface area contributed by atoms with Gasteiger partial charge in [0.2, 0.25) is 11.8 Å². The van der Waals surface area contributed by atoms with Crippen molar-refractivity contribution in [1.82, 2.24) is 4.73 Å². The first-order chi connectivity index (χ1) is 9.93. The molecule has 0 radical (unpaired) electrons. The highest BCUT2D eigenvalue weighted by Crippen LogP contribution is 2.24. The maximum atomic E-state index is 11.9. The number of carbonyl (C=O) groups excluding carboxylic acids is 1. The van der Waals surface area contributed by atoms with Gasteiger partial charge >= 0.3 is 5.97 Å². The number of carbonyl (C=O) groups is 1.